The molecular weight excluding hydrogens is 321 g/mol. The maximum Gasteiger partial charge on any atom is 0.137 e. The molecule has 0 aromatic heterocycles. The third kappa shape index (κ3) is 3.34. The Morgan fingerprint density at radius 1 is 1.25 bits per heavy atom. The second-order valence-corrected chi connectivity index (χ2v) is 6.82. The quantitative estimate of drug-likeness (QED) is 0.891. The van der Waals surface area contributed by atoms with Crippen LogP contribution in [0.2, 0.25) is 0 Å². The van der Waals surface area contributed by atoms with Crippen LogP contribution in [0.5, 0.6) is 5.75 Å². The van der Waals surface area contributed by atoms with Gasteiger partial charge in [-0.25, -0.2) is 4.39 Å². The zero-order chi connectivity index (χ0) is 13.9. The van der Waals surface area contributed by atoms with Gasteiger partial charge in [0.2, 0.25) is 0 Å². The minimum Gasteiger partial charge on any atom is -0.489 e. The van der Waals surface area contributed by atoms with Crippen molar-refractivity contribution in [2.45, 2.75) is 44.6 Å². The molecule has 1 atom stereocenters. The molecule has 1 N–H and O–H groups in total. The van der Waals surface area contributed by atoms with Crippen LogP contribution in [0.1, 0.15) is 37.7 Å². The third-order valence-electron chi connectivity index (χ3n) is 4.33. The first kappa shape index (κ1) is 14.3. The topological polar surface area (TPSA) is 21.3 Å². The van der Waals surface area contributed by atoms with Crippen LogP contribution in [0.3, 0.4) is 0 Å². The summed E-state index contributed by atoms with van der Waals surface area (Å²) in [7, 11) is 0. The summed E-state index contributed by atoms with van der Waals surface area (Å²) < 4.78 is 20.5. The Morgan fingerprint density at radius 3 is 2.75 bits per heavy atom. The van der Waals surface area contributed by atoms with Gasteiger partial charge in [-0.3, -0.25) is 0 Å². The summed E-state index contributed by atoms with van der Waals surface area (Å²) in [5.41, 5.74) is 1.01. The normalized spacial score (nSPS) is 23.4. The second kappa shape index (κ2) is 6.44. The molecule has 4 heteroatoms. The number of rotatable bonds is 4. The van der Waals surface area contributed by atoms with Crippen molar-refractivity contribution in [3.8, 4) is 5.75 Å². The van der Waals surface area contributed by atoms with E-state index in [0.717, 1.165) is 48.1 Å². The number of ether oxygens (including phenoxy) is 1. The van der Waals surface area contributed by atoms with Crippen LogP contribution < -0.4 is 10.1 Å². The van der Waals surface area contributed by atoms with E-state index in [4.69, 9.17) is 4.74 Å². The minimum absolute atomic E-state index is 0.184. The van der Waals surface area contributed by atoms with Gasteiger partial charge in [-0.1, -0.05) is 0 Å². The lowest BCUT2D eigenvalue weighted by atomic mass is 9.91. The first-order chi connectivity index (χ1) is 9.72. The van der Waals surface area contributed by atoms with Crippen LogP contribution >= 0.6 is 15.9 Å². The van der Waals surface area contributed by atoms with Crippen LogP contribution in [-0.2, 0) is 6.42 Å². The molecule has 1 heterocycles. The largest absolute Gasteiger partial charge is 0.489 e. The van der Waals surface area contributed by atoms with Gasteiger partial charge in [0.05, 0.1) is 10.6 Å². The molecule has 2 fully saturated rings. The number of piperidine rings is 1. The maximum atomic E-state index is 13.7. The van der Waals surface area contributed by atoms with Crippen LogP contribution in [0, 0.1) is 11.7 Å². The highest BCUT2D eigenvalue weighted by atomic mass is 79.9. The Hall–Kier alpha value is -0.610. The van der Waals surface area contributed by atoms with Crippen LogP contribution in [0.4, 0.5) is 4.39 Å². The van der Waals surface area contributed by atoms with Gasteiger partial charge in [-0.15, -0.1) is 0 Å². The molecule has 2 aliphatic rings. The van der Waals surface area contributed by atoms with E-state index in [1.807, 2.05) is 0 Å². The number of halogens is 2. The smallest absolute Gasteiger partial charge is 0.137 e. The van der Waals surface area contributed by atoms with Crippen molar-refractivity contribution >= 4 is 15.9 Å². The summed E-state index contributed by atoms with van der Waals surface area (Å²) in [5.74, 6) is 1.26. The van der Waals surface area contributed by atoms with E-state index in [-0.39, 0.29) is 5.82 Å². The van der Waals surface area contributed by atoms with Gasteiger partial charge in [0.15, 0.2) is 0 Å². The fourth-order valence-corrected chi connectivity index (χ4v) is 3.53. The minimum atomic E-state index is -0.184. The van der Waals surface area contributed by atoms with Crippen LogP contribution in [-0.4, -0.2) is 19.2 Å². The Kier molecular flexibility index (Phi) is 4.61. The first-order valence-corrected chi connectivity index (χ1v) is 8.37. The second-order valence-electron chi connectivity index (χ2n) is 5.96. The molecule has 1 aromatic carbocycles. The number of nitrogens with one attached hydrogen (secondary N) is 1. The lowest BCUT2D eigenvalue weighted by Gasteiger charge is -2.29. The van der Waals surface area contributed by atoms with Gasteiger partial charge < -0.3 is 10.1 Å². The Labute approximate surface area is 128 Å². The van der Waals surface area contributed by atoms with Gasteiger partial charge in [-0.05, 0) is 91.2 Å². The van der Waals surface area contributed by atoms with Crippen LogP contribution in [0.15, 0.2) is 16.6 Å². The molecule has 2 nitrogen and oxygen atoms in total. The van der Waals surface area contributed by atoms with Gasteiger partial charge in [-0.2, -0.15) is 0 Å². The molecule has 1 saturated heterocycles. The fourth-order valence-electron chi connectivity index (χ4n) is 2.96. The van der Waals surface area contributed by atoms with E-state index in [2.05, 4.69) is 21.2 Å². The average molecular weight is 342 g/mol. The fraction of sp³-hybridized carbons (Fsp3) is 0.625. The Bertz CT molecular complexity index is 470. The van der Waals surface area contributed by atoms with Crippen molar-refractivity contribution in [1.82, 2.24) is 5.32 Å². The summed E-state index contributed by atoms with van der Waals surface area (Å²) in [5, 5.41) is 3.42. The molecule has 1 aliphatic carbocycles. The van der Waals surface area contributed by atoms with Crippen molar-refractivity contribution < 1.29 is 9.13 Å². The molecule has 3 rings (SSSR count). The molecule has 1 aliphatic heterocycles. The maximum absolute atomic E-state index is 13.7. The summed E-state index contributed by atoms with van der Waals surface area (Å²) in [6, 6.07) is 3.16. The Balaban J connectivity index is 1.78. The van der Waals surface area contributed by atoms with Gasteiger partial charge in [0.25, 0.3) is 0 Å². The van der Waals surface area contributed by atoms with Crippen molar-refractivity contribution in [3.63, 3.8) is 0 Å². The summed E-state index contributed by atoms with van der Waals surface area (Å²) in [6.07, 6.45) is 7.11. The lowest BCUT2D eigenvalue weighted by Crippen LogP contribution is -2.31. The van der Waals surface area contributed by atoms with E-state index < -0.39 is 0 Å². The highest BCUT2D eigenvalue weighted by Gasteiger charge is 2.24. The standard InChI is InChI=1S/C16H21BrFNO/c17-15-9-13(18)8-12(7-11-3-2-6-19-10-11)16(15)20-14-4-1-5-14/h8-9,11,14,19H,1-7,10H2. The van der Waals surface area contributed by atoms with E-state index in [1.165, 1.54) is 25.3 Å². The number of benzene rings is 1. The number of hydrogen-bond acceptors (Lipinski definition) is 2. The zero-order valence-electron chi connectivity index (χ0n) is 11.6. The molecule has 1 unspecified atom stereocenters. The van der Waals surface area contributed by atoms with Crippen molar-refractivity contribution in [3.05, 3.63) is 28.0 Å². The van der Waals surface area contributed by atoms with Crippen LogP contribution in [0.25, 0.3) is 0 Å². The molecular formula is C16H21BrFNO. The summed E-state index contributed by atoms with van der Waals surface area (Å²) in [6.45, 7) is 2.13. The van der Waals surface area contributed by atoms with E-state index in [1.54, 1.807) is 6.07 Å². The van der Waals surface area contributed by atoms with E-state index >= 15 is 0 Å². The molecule has 0 radical (unpaired) electrons. The number of hydrogen-bond donors (Lipinski definition) is 1. The molecule has 1 saturated carbocycles. The summed E-state index contributed by atoms with van der Waals surface area (Å²) in [4.78, 5) is 0. The van der Waals surface area contributed by atoms with Gasteiger partial charge >= 0.3 is 0 Å². The molecule has 0 bridgehead atoms. The Morgan fingerprint density at radius 2 is 2.10 bits per heavy atom. The van der Waals surface area contributed by atoms with Crippen molar-refractivity contribution in [1.29, 1.82) is 0 Å². The first-order valence-electron chi connectivity index (χ1n) is 7.57. The van der Waals surface area contributed by atoms with Crippen molar-refractivity contribution in [2.24, 2.45) is 5.92 Å². The molecule has 0 spiro atoms. The predicted octanol–water partition coefficient (Wildman–Crippen LogP) is 4.06. The van der Waals surface area contributed by atoms with E-state index in [9.17, 15) is 4.39 Å². The lowest BCUT2D eigenvalue weighted by molar-refractivity contribution is 0.117. The third-order valence-corrected chi connectivity index (χ3v) is 4.92. The molecule has 1 aromatic rings. The summed E-state index contributed by atoms with van der Waals surface area (Å²) >= 11 is 3.46. The predicted molar refractivity (Wildman–Crippen MR) is 81.7 cm³/mol. The van der Waals surface area contributed by atoms with Gasteiger partial charge in [0.1, 0.15) is 11.6 Å². The van der Waals surface area contributed by atoms with Gasteiger partial charge in [0, 0.05) is 0 Å². The SMILES string of the molecule is Fc1cc(Br)c(OC2CCC2)c(CC2CCCNC2)c1. The highest BCUT2D eigenvalue weighted by Crippen LogP contribution is 2.36. The monoisotopic (exact) mass is 341 g/mol. The average Bonchev–Trinajstić information content (AvgIpc) is 2.37. The van der Waals surface area contributed by atoms with Crippen molar-refractivity contribution in [2.75, 3.05) is 13.1 Å². The molecule has 0 amide bonds. The molecule has 110 valence electrons. The van der Waals surface area contributed by atoms with E-state index in [0.29, 0.717) is 12.0 Å². The highest BCUT2D eigenvalue weighted by molar-refractivity contribution is 9.10. The molecule has 20 heavy (non-hydrogen) atoms. The zero-order valence-corrected chi connectivity index (χ0v) is 13.2.